The van der Waals surface area contributed by atoms with Crippen molar-refractivity contribution in [3.8, 4) is 11.1 Å². The predicted octanol–water partition coefficient (Wildman–Crippen LogP) is 17.9. The van der Waals surface area contributed by atoms with Gasteiger partial charge in [0.15, 0.2) is 0 Å². The number of benzene rings is 8. The van der Waals surface area contributed by atoms with Gasteiger partial charge >= 0.3 is 0 Å². The van der Waals surface area contributed by atoms with Gasteiger partial charge in [-0.3, -0.25) is 0 Å². The topological polar surface area (TPSA) is 9.72 Å². The molecule has 8 aromatic carbocycles. The van der Waals surface area contributed by atoms with Gasteiger partial charge in [0.05, 0.1) is 24.9 Å². The number of fused-ring (bicyclic) bond motifs is 4. The summed E-state index contributed by atoms with van der Waals surface area (Å²) in [4.78, 5) is 5.68. The Bertz CT molecular complexity index is 3960. The van der Waals surface area contributed by atoms with Crippen molar-refractivity contribution < 1.29 is 19.2 Å². The maximum absolute atomic E-state index is 10.2. The van der Waals surface area contributed by atoms with Crippen LogP contribution in [0.2, 0.25) is 0 Å². The van der Waals surface area contributed by atoms with Gasteiger partial charge < -0.3 is 14.7 Å². The maximum Gasteiger partial charge on any atom is 0.252 e. The van der Waals surface area contributed by atoms with E-state index in [2.05, 4.69) is 150 Å². The summed E-state index contributed by atoms with van der Waals surface area (Å²) in [6.07, 6.45) is 11.3. The Kier molecular flexibility index (Phi) is 8.69. The third-order valence-corrected chi connectivity index (χ3v) is 16.9. The smallest absolute Gasteiger partial charge is 0.252 e. The fourth-order valence-corrected chi connectivity index (χ4v) is 12.5. The van der Waals surface area contributed by atoms with Crippen molar-refractivity contribution in [1.29, 1.82) is 0 Å². The van der Waals surface area contributed by atoms with E-state index in [4.69, 9.17) is 8.22 Å². The van der Waals surface area contributed by atoms with Gasteiger partial charge in [0, 0.05) is 45.5 Å². The number of nitrogens with zero attached hydrogens (tertiary/aromatic N) is 3. The molecular formula is C70H74BN3. The fraction of sp³-hybridized carbons (Fsp3) is 0.314. The average molecular weight is 982 g/mol. The largest absolute Gasteiger partial charge is 0.311 e. The molecule has 2 fully saturated rings. The number of para-hydroxylation sites is 1. The van der Waals surface area contributed by atoms with Crippen LogP contribution in [0, 0.1) is 0 Å². The first-order chi connectivity index (χ1) is 41.5. The molecule has 8 aromatic rings. The Hall–Kier alpha value is -6.78. The molecule has 0 N–H and O–H groups in total. The lowest BCUT2D eigenvalue weighted by Gasteiger charge is -2.46. The molecule has 4 aliphatic rings. The van der Waals surface area contributed by atoms with Crippen LogP contribution in [0.4, 0.5) is 51.2 Å². The summed E-state index contributed by atoms with van der Waals surface area (Å²) in [6, 6.07) is 24.5. The molecule has 2 aliphatic heterocycles. The van der Waals surface area contributed by atoms with Crippen LogP contribution in [-0.2, 0) is 21.7 Å². The zero-order valence-corrected chi connectivity index (χ0v) is 44.2. The highest BCUT2D eigenvalue weighted by atomic mass is 15.2. The van der Waals surface area contributed by atoms with Crippen molar-refractivity contribution >= 4 is 74.3 Å². The SMILES string of the molecule is [2H]c1c([2H])c([2H])c(-c2c([2H])c([2H])c([2H])c(N(c3cc4c5c(c3)N(c3ccc(C6(C)CCCCC6)cc3)c3ccc(C(C)(C)C)cc3B5c3cc(C(C)(C)C)ccc3N4c3ccc(C4(C)CCCCC4)cc3)c3c([2H])c([2H])c([2H])c([2H])c3[2H])c2[2H])c([2H])c1[2H]. The molecule has 0 spiro atoms. The van der Waals surface area contributed by atoms with Crippen LogP contribution in [-0.4, -0.2) is 6.71 Å². The van der Waals surface area contributed by atoms with Gasteiger partial charge in [-0.1, -0.05) is 203 Å². The molecule has 0 amide bonds. The minimum absolute atomic E-state index is 0.0208. The summed E-state index contributed by atoms with van der Waals surface area (Å²) < 4.78 is 130. The molecule has 2 aliphatic carbocycles. The van der Waals surface area contributed by atoms with Crippen molar-refractivity contribution in [1.82, 2.24) is 0 Å². The second-order valence-electron chi connectivity index (χ2n) is 23.9. The first-order valence-electron chi connectivity index (χ1n) is 33.8. The average Bonchev–Trinajstić information content (AvgIpc) is 0.707. The summed E-state index contributed by atoms with van der Waals surface area (Å²) >= 11 is 0. The lowest BCUT2D eigenvalue weighted by Crippen LogP contribution is -2.61. The molecule has 4 heteroatoms. The highest BCUT2D eigenvalue weighted by molar-refractivity contribution is 7.00. The molecule has 74 heavy (non-hydrogen) atoms. The standard InChI is InChI=1S/C70H74BN3/c1-67(2,3)53-32-38-62-60(45-53)71-61-46-54(68(4,5)6)33-39-63(61)74(57-36-30-52(31-37-57)70(8)42-19-12-20-43-70)65-48-59(47-64(66(65)71)73(62)56-34-28-51(29-35-56)69(7)40-17-11-18-41-69)72(55-25-15-10-16-26-55)58-27-21-24-50(44-58)49-22-13-9-14-23-49/h9-10,13-16,21-39,44-48H,11-12,17-20,40-43H2,1-8H3/i9D,10D,13D,14D,15D,16D,21D,22D,23D,24D,25D,26D,27D,44D. The summed E-state index contributed by atoms with van der Waals surface area (Å²) in [5, 5.41) is 0. The number of anilines is 9. The molecule has 2 heterocycles. The molecule has 0 radical (unpaired) electrons. The van der Waals surface area contributed by atoms with E-state index in [1.807, 2.05) is 12.1 Å². The van der Waals surface area contributed by atoms with Crippen LogP contribution in [0.15, 0.2) is 182 Å². The van der Waals surface area contributed by atoms with Crippen molar-refractivity contribution in [2.75, 3.05) is 14.7 Å². The van der Waals surface area contributed by atoms with Crippen molar-refractivity contribution in [3.63, 3.8) is 0 Å². The molecule has 0 bridgehead atoms. The van der Waals surface area contributed by atoms with Gasteiger partial charge in [-0.05, 0) is 170 Å². The number of hydrogen-bond donors (Lipinski definition) is 0. The van der Waals surface area contributed by atoms with Gasteiger partial charge in [-0.25, -0.2) is 0 Å². The highest BCUT2D eigenvalue weighted by Crippen LogP contribution is 2.50. The van der Waals surface area contributed by atoms with E-state index in [1.165, 1.54) is 28.9 Å². The van der Waals surface area contributed by atoms with Crippen molar-refractivity contribution in [2.45, 2.75) is 141 Å². The second-order valence-corrected chi connectivity index (χ2v) is 23.9. The van der Waals surface area contributed by atoms with E-state index in [-0.39, 0.29) is 27.3 Å². The third-order valence-electron chi connectivity index (χ3n) is 16.9. The lowest BCUT2D eigenvalue weighted by molar-refractivity contribution is 0.319. The summed E-state index contributed by atoms with van der Waals surface area (Å²) in [6.45, 7) is 17.6. The number of hydrogen-bond acceptors (Lipinski definition) is 3. The van der Waals surface area contributed by atoms with E-state index >= 15 is 0 Å². The predicted molar refractivity (Wildman–Crippen MR) is 319 cm³/mol. The lowest BCUT2D eigenvalue weighted by atomic mass is 9.33. The number of rotatable bonds is 8. The van der Waals surface area contributed by atoms with E-state index in [0.29, 0.717) is 11.4 Å². The second kappa shape index (κ2) is 18.6. The van der Waals surface area contributed by atoms with Crippen molar-refractivity contribution in [3.05, 3.63) is 204 Å². The minimum atomic E-state index is -0.779. The van der Waals surface area contributed by atoms with Crippen LogP contribution in [0.1, 0.15) is 161 Å². The monoisotopic (exact) mass is 982 g/mol. The molecule has 12 rings (SSSR count). The van der Waals surface area contributed by atoms with Gasteiger partial charge in [-0.2, -0.15) is 0 Å². The van der Waals surface area contributed by atoms with E-state index < -0.39 is 114 Å². The van der Waals surface area contributed by atoms with Crippen LogP contribution >= 0.6 is 0 Å². The summed E-state index contributed by atoms with van der Waals surface area (Å²) in [5.74, 6) is 0. The van der Waals surface area contributed by atoms with Crippen LogP contribution in [0.5, 0.6) is 0 Å². The van der Waals surface area contributed by atoms with Gasteiger partial charge in [0.25, 0.3) is 6.71 Å². The third kappa shape index (κ3) is 8.57. The zero-order chi connectivity index (χ0) is 63.2. The molecular weight excluding hydrogens is 894 g/mol. The van der Waals surface area contributed by atoms with Crippen LogP contribution in [0.3, 0.4) is 0 Å². The first kappa shape index (κ1) is 34.7. The van der Waals surface area contributed by atoms with Crippen LogP contribution in [0.25, 0.3) is 11.1 Å². The van der Waals surface area contributed by atoms with Crippen LogP contribution < -0.4 is 31.1 Å². The summed E-state index contributed by atoms with van der Waals surface area (Å²) in [7, 11) is 0. The van der Waals surface area contributed by atoms with Crippen molar-refractivity contribution in [2.24, 2.45) is 0 Å². The first-order valence-corrected chi connectivity index (χ1v) is 26.8. The van der Waals surface area contributed by atoms with Gasteiger partial charge in [0.1, 0.15) is 0 Å². The Morgan fingerprint density at radius 2 is 0.878 bits per heavy atom. The van der Waals surface area contributed by atoms with E-state index in [9.17, 15) is 11.0 Å². The Balaban J connectivity index is 1.25. The Labute approximate surface area is 463 Å². The quantitative estimate of drug-likeness (QED) is 0.141. The molecule has 0 unspecified atom stereocenters. The molecule has 372 valence electrons. The normalized spacial score (nSPS) is 19.4. The Morgan fingerprint density at radius 3 is 1.34 bits per heavy atom. The molecule has 0 atom stereocenters. The van der Waals surface area contributed by atoms with Gasteiger partial charge in [-0.15, -0.1) is 0 Å². The molecule has 2 saturated carbocycles. The fourth-order valence-electron chi connectivity index (χ4n) is 12.5. The molecule has 0 aromatic heterocycles. The van der Waals surface area contributed by atoms with E-state index in [0.717, 1.165) is 102 Å². The van der Waals surface area contributed by atoms with E-state index in [1.54, 1.807) is 0 Å². The Morgan fingerprint density at radius 1 is 0.446 bits per heavy atom. The highest BCUT2D eigenvalue weighted by Gasteiger charge is 2.45. The molecule has 0 saturated heterocycles. The molecule has 3 nitrogen and oxygen atoms in total. The maximum atomic E-state index is 10.2. The summed E-state index contributed by atoms with van der Waals surface area (Å²) in [5.41, 5.74) is 9.94. The minimum Gasteiger partial charge on any atom is -0.311 e. The zero-order valence-electron chi connectivity index (χ0n) is 58.2. The van der Waals surface area contributed by atoms with Gasteiger partial charge in [0.2, 0.25) is 0 Å².